The molecule has 5 heteroatoms. The van der Waals surface area contributed by atoms with E-state index >= 15 is 0 Å². The van der Waals surface area contributed by atoms with Crippen molar-refractivity contribution in [2.75, 3.05) is 13.7 Å². The minimum Gasteiger partial charge on any atom is -0.466 e. The summed E-state index contributed by atoms with van der Waals surface area (Å²) in [7, 11) is 1.25. The van der Waals surface area contributed by atoms with Gasteiger partial charge in [-0.2, -0.15) is 0 Å². The molecule has 3 rings (SSSR count). The Balaban J connectivity index is 1.86. The maximum Gasteiger partial charge on any atom is 0.333 e. The van der Waals surface area contributed by atoms with E-state index in [4.69, 9.17) is 4.74 Å². The number of likely N-dealkylation sites (tertiary alicyclic amines) is 1. The van der Waals surface area contributed by atoms with Crippen LogP contribution in [0.1, 0.15) is 17.0 Å². The number of nitrogens with zero attached hydrogens (tertiary/aromatic N) is 1. The smallest absolute Gasteiger partial charge is 0.333 e. The van der Waals surface area contributed by atoms with E-state index < -0.39 is 23.4 Å². The average Bonchev–Trinajstić information content (AvgIpc) is 2.68. The first kappa shape index (κ1) is 17.9. The lowest BCUT2D eigenvalue weighted by atomic mass is 9.72. The van der Waals surface area contributed by atoms with Gasteiger partial charge in [0.25, 0.3) is 5.91 Å². The second-order valence-electron chi connectivity index (χ2n) is 6.43. The minimum absolute atomic E-state index is 0.0638. The van der Waals surface area contributed by atoms with Crippen LogP contribution in [-0.2, 0) is 20.9 Å². The van der Waals surface area contributed by atoms with Crippen molar-refractivity contribution in [1.82, 2.24) is 4.90 Å². The lowest BCUT2D eigenvalue weighted by Gasteiger charge is -2.49. The lowest BCUT2D eigenvalue weighted by Crippen LogP contribution is -2.69. The van der Waals surface area contributed by atoms with Crippen LogP contribution in [0.3, 0.4) is 0 Å². The number of esters is 1. The fourth-order valence-corrected chi connectivity index (χ4v) is 3.42. The maximum atomic E-state index is 12.8. The van der Waals surface area contributed by atoms with Crippen molar-refractivity contribution in [3.63, 3.8) is 0 Å². The molecule has 1 N–H and O–H groups in total. The number of β-lactam (4-membered cyclic amide) rings is 1. The van der Waals surface area contributed by atoms with Gasteiger partial charge in [0, 0.05) is 12.1 Å². The highest BCUT2D eigenvalue weighted by Crippen LogP contribution is 2.42. The van der Waals surface area contributed by atoms with Gasteiger partial charge in [0.05, 0.1) is 19.6 Å². The van der Waals surface area contributed by atoms with Gasteiger partial charge >= 0.3 is 5.97 Å². The number of hydrogen-bond donors (Lipinski definition) is 1. The first-order valence-corrected chi connectivity index (χ1v) is 8.35. The second kappa shape index (κ2) is 7.14. The molecule has 134 valence electrons. The molecule has 0 aliphatic carbocycles. The summed E-state index contributed by atoms with van der Waals surface area (Å²) in [6, 6.07) is 18.5. The summed E-state index contributed by atoms with van der Waals surface area (Å²) in [5.41, 5.74) is -0.0144. The molecule has 0 saturated carbocycles. The third-order valence-electron chi connectivity index (χ3n) is 4.71. The van der Waals surface area contributed by atoms with Gasteiger partial charge in [-0.3, -0.25) is 4.79 Å². The maximum absolute atomic E-state index is 12.8. The Morgan fingerprint density at radius 3 is 2.31 bits per heavy atom. The zero-order valence-corrected chi connectivity index (χ0v) is 14.6. The van der Waals surface area contributed by atoms with Crippen molar-refractivity contribution >= 4 is 11.9 Å². The fourth-order valence-electron chi connectivity index (χ4n) is 3.42. The van der Waals surface area contributed by atoms with Crippen LogP contribution in [0, 0.1) is 0 Å². The SMILES string of the molecule is C=C(C(=O)OC)[C@H](c1ccccc1)[C@]1(O)CN(Cc2ccccc2)C1=O. The van der Waals surface area contributed by atoms with E-state index in [-0.39, 0.29) is 12.1 Å². The van der Waals surface area contributed by atoms with Gasteiger partial charge in [0.15, 0.2) is 5.60 Å². The van der Waals surface area contributed by atoms with E-state index in [0.29, 0.717) is 12.1 Å². The van der Waals surface area contributed by atoms with E-state index in [0.717, 1.165) is 5.56 Å². The number of carbonyl (C=O) groups is 2. The summed E-state index contributed by atoms with van der Waals surface area (Å²) in [5, 5.41) is 11.1. The summed E-state index contributed by atoms with van der Waals surface area (Å²) in [4.78, 5) is 26.4. The average molecular weight is 351 g/mol. The first-order valence-electron chi connectivity index (χ1n) is 8.35. The quantitative estimate of drug-likeness (QED) is 0.493. The van der Waals surface area contributed by atoms with Gasteiger partial charge in [0.1, 0.15) is 0 Å². The molecule has 2 aromatic rings. The van der Waals surface area contributed by atoms with Crippen LogP contribution in [0.2, 0.25) is 0 Å². The Labute approximate surface area is 152 Å². The number of β-amino-alcohol motifs (C(OH)–C–C–N with tert-alkyl or cyclic N) is 1. The van der Waals surface area contributed by atoms with Crippen molar-refractivity contribution in [3.05, 3.63) is 83.9 Å². The molecule has 0 bridgehead atoms. The van der Waals surface area contributed by atoms with Gasteiger partial charge in [0.2, 0.25) is 0 Å². The van der Waals surface area contributed by atoms with Crippen LogP contribution in [0.15, 0.2) is 72.8 Å². The Bertz CT molecular complexity index is 818. The standard InChI is InChI=1S/C21H21NO4/c1-15(19(23)26-2)18(17-11-7-4-8-12-17)21(25)14-22(20(21)24)13-16-9-5-3-6-10-16/h3-12,18,25H,1,13-14H2,2H3/t18-,21-/m1/s1. The molecule has 2 atom stereocenters. The predicted octanol–water partition coefficient (Wildman–Crippen LogP) is 2.27. The normalized spacial score (nSPS) is 20.2. The van der Waals surface area contributed by atoms with E-state index in [9.17, 15) is 14.7 Å². The molecule has 26 heavy (non-hydrogen) atoms. The monoisotopic (exact) mass is 351 g/mol. The molecule has 1 aliphatic heterocycles. The number of rotatable bonds is 6. The van der Waals surface area contributed by atoms with Crippen molar-refractivity contribution in [2.24, 2.45) is 0 Å². The fraction of sp³-hybridized carbons (Fsp3) is 0.238. The van der Waals surface area contributed by atoms with E-state index in [1.54, 1.807) is 29.2 Å². The highest BCUT2D eigenvalue weighted by Gasteiger charge is 2.57. The van der Waals surface area contributed by atoms with Crippen LogP contribution in [0.25, 0.3) is 0 Å². The van der Waals surface area contributed by atoms with Gasteiger partial charge in [-0.15, -0.1) is 0 Å². The Morgan fingerprint density at radius 1 is 1.19 bits per heavy atom. The number of benzene rings is 2. The van der Waals surface area contributed by atoms with Crippen molar-refractivity contribution in [3.8, 4) is 0 Å². The molecule has 1 fully saturated rings. The molecule has 0 unspecified atom stereocenters. The van der Waals surface area contributed by atoms with Crippen molar-refractivity contribution in [1.29, 1.82) is 0 Å². The second-order valence-corrected chi connectivity index (χ2v) is 6.43. The number of methoxy groups -OCH3 is 1. The molecule has 1 heterocycles. The molecule has 0 radical (unpaired) electrons. The van der Waals surface area contributed by atoms with Gasteiger partial charge < -0.3 is 14.7 Å². The Kier molecular flexibility index (Phi) is 4.91. The van der Waals surface area contributed by atoms with Crippen LogP contribution in [0.5, 0.6) is 0 Å². The third-order valence-corrected chi connectivity index (χ3v) is 4.71. The number of carbonyl (C=O) groups excluding carboxylic acids is 2. The molecule has 0 aromatic heterocycles. The number of ether oxygens (including phenoxy) is 1. The summed E-state index contributed by atoms with van der Waals surface area (Å²) < 4.78 is 4.76. The number of hydrogen-bond acceptors (Lipinski definition) is 4. The van der Waals surface area contributed by atoms with Crippen molar-refractivity contribution < 1.29 is 19.4 Å². The first-order chi connectivity index (χ1) is 12.5. The molecule has 0 spiro atoms. The number of amides is 1. The van der Waals surface area contributed by atoms with E-state index in [1.165, 1.54) is 7.11 Å². The van der Waals surface area contributed by atoms with Gasteiger partial charge in [-0.25, -0.2) is 4.79 Å². The van der Waals surface area contributed by atoms with E-state index in [2.05, 4.69) is 6.58 Å². The predicted molar refractivity (Wildman–Crippen MR) is 97.1 cm³/mol. The summed E-state index contributed by atoms with van der Waals surface area (Å²) in [6.45, 7) is 4.32. The molecule has 5 nitrogen and oxygen atoms in total. The largest absolute Gasteiger partial charge is 0.466 e. The summed E-state index contributed by atoms with van der Waals surface area (Å²) in [6.07, 6.45) is 0. The molecule has 2 aromatic carbocycles. The molecule has 1 aliphatic rings. The molecule has 1 amide bonds. The Morgan fingerprint density at radius 2 is 1.77 bits per heavy atom. The van der Waals surface area contributed by atoms with E-state index in [1.807, 2.05) is 36.4 Å². The van der Waals surface area contributed by atoms with Crippen LogP contribution < -0.4 is 0 Å². The topological polar surface area (TPSA) is 66.8 Å². The highest BCUT2D eigenvalue weighted by molar-refractivity contribution is 5.97. The number of aliphatic hydroxyl groups is 1. The zero-order chi connectivity index (χ0) is 18.7. The van der Waals surface area contributed by atoms with Gasteiger partial charge in [-0.05, 0) is 11.1 Å². The summed E-state index contributed by atoms with van der Waals surface area (Å²) >= 11 is 0. The molecular formula is C21H21NO4. The highest BCUT2D eigenvalue weighted by atomic mass is 16.5. The zero-order valence-electron chi connectivity index (χ0n) is 14.6. The minimum atomic E-state index is -1.71. The van der Waals surface area contributed by atoms with Crippen LogP contribution in [-0.4, -0.2) is 41.1 Å². The van der Waals surface area contributed by atoms with Crippen LogP contribution in [0.4, 0.5) is 0 Å². The van der Waals surface area contributed by atoms with Crippen LogP contribution >= 0.6 is 0 Å². The summed E-state index contributed by atoms with van der Waals surface area (Å²) in [5.74, 6) is -1.91. The third kappa shape index (κ3) is 3.13. The molecular weight excluding hydrogens is 330 g/mol. The van der Waals surface area contributed by atoms with Gasteiger partial charge in [-0.1, -0.05) is 67.2 Å². The lowest BCUT2D eigenvalue weighted by molar-refractivity contribution is -0.179. The van der Waals surface area contributed by atoms with Crippen molar-refractivity contribution in [2.45, 2.75) is 18.1 Å². The molecule has 1 saturated heterocycles. The Hall–Kier alpha value is -2.92.